The van der Waals surface area contributed by atoms with Gasteiger partial charge in [0.25, 0.3) is 5.56 Å². The minimum Gasteiger partial charge on any atom is -0.354 e. The van der Waals surface area contributed by atoms with Gasteiger partial charge in [0.2, 0.25) is 5.91 Å². The van der Waals surface area contributed by atoms with Gasteiger partial charge in [0.15, 0.2) is 0 Å². The van der Waals surface area contributed by atoms with Crippen molar-refractivity contribution < 1.29 is 4.79 Å². The number of aromatic nitrogens is 2. The summed E-state index contributed by atoms with van der Waals surface area (Å²) in [7, 11) is 0. The summed E-state index contributed by atoms with van der Waals surface area (Å²) in [6.45, 7) is 4.55. The van der Waals surface area contributed by atoms with Gasteiger partial charge in [-0.3, -0.25) is 14.2 Å². The molecule has 1 aromatic heterocycles. The average molecular weight is 249 g/mol. The molecule has 1 aliphatic rings. The highest BCUT2D eigenvalue weighted by molar-refractivity contribution is 5.79. The summed E-state index contributed by atoms with van der Waals surface area (Å²) in [5, 5.41) is 2.87. The third kappa shape index (κ3) is 2.60. The van der Waals surface area contributed by atoms with Crippen molar-refractivity contribution in [3.63, 3.8) is 0 Å². The normalized spacial score (nSPS) is 15.2. The van der Waals surface area contributed by atoms with Gasteiger partial charge in [-0.05, 0) is 26.7 Å². The quantitative estimate of drug-likeness (QED) is 0.857. The number of nitrogens with one attached hydrogen (secondary N) is 1. The molecule has 1 saturated carbocycles. The van der Waals surface area contributed by atoms with Crippen LogP contribution < -0.4 is 10.9 Å². The molecule has 0 unspecified atom stereocenters. The molecule has 1 fully saturated rings. The molecule has 0 aliphatic heterocycles. The molecule has 0 atom stereocenters. The number of carbonyl (C=O) groups is 1. The summed E-state index contributed by atoms with van der Waals surface area (Å²) in [4.78, 5) is 27.6. The number of rotatable bonds is 4. The first-order valence-electron chi connectivity index (χ1n) is 6.40. The molecule has 5 nitrogen and oxygen atoms in total. The number of aryl methyl sites for hydroxylation is 1. The number of nitrogens with zero attached hydrogens (tertiary/aromatic N) is 2. The Morgan fingerprint density at radius 2 is 2.22 bits per heavy atom. The summed E-state index contributed by atoms with van der Waals surface area (Å²) < 4.78 is 1.55. The third-order valence-electron chi connectivity index (χ3n) is 3.64. The van der Waals surface area contributed by atoms with Gasteiger partial charge < -0.3 is 5.32 Å². The van der Waals surface area contributed by atoms with Crippen molar-refractivity contribution in [3.05, 3.63) is 27.9 Å². The molecule has 1 amide bonds. The molecule has 1 aromatic rings. The van der Waals surface area contributed by atoms with Gasteiger partial charge in [-0.1, -0.05) is 6.42 Å². The fourth-order valence-corrected chi connectivity index (χ4v) is 1.95. The van der Waals surface area contributed by atoms with Gasteiger partial charge in [-0.15, -0.1) is 0 Å². The van der Waals surface area contributed by atoms with Crippen molar-refractivity contribution in [2.24, 2.45) is 5.92 Å². The van der Waals surface area contributed by atoms with E-state index in [0.717, 1.165) is 25.0 Å². The van der Waals surface area contributed by atoms with Crippen LogP contribution >= 0.6 is 0 Å². The molecule has 2 rings (SSSR count). The van der Waals surface area contributed by atoms with Crippen LogP contribution in [0.5, 0.6) is 0 Å². The standard InChI is InChI=1S/C13H19N3O2/c1-9-10(2)15-8-16(13(9)18)7-6-14-12(17)11-4-3-5-11/h8,11H,3-7H2,1-2H3,(H,14,17). The lowest BCUT2D eigenvalue weighted by Gasteiger charge is -2.24. The van der Waals surface area contributed by atoms with E-state index in [0.29, 0.717) is 18.7 Å². The smallest absolute Gasteiger partial charge is 0.256 e. The van der Waals surface area contributed by atoms with Crippen LogP contribution in [-0.4, -0.2) is 22.0 Å². The van der Waals surface area contributed by atoms with Crippen molar-refractivity contribution in [1.82, 2.24) is 14.9 Å². The Labute approximate surface area is 106 Å². The van der Waals surface area contributed by atoms with Gasteiger partial charge in [-0.2, -0.15) is 0 Å². The van der Waals surface area contributed by atoms with Crippen molar-refractivity contribution in [3.8, 4) is 0 Å². The Kier molecular flexibility index (Phi) is 3.79. The van der Waals surface area contributed by atoms with E-state index in [-0.39, 0.29) is 17.4 Å². The molecular formula is C13H19N3O2. The maximum absolute atomic E-state index is 11.9. The second-order valence-electron chi connectivity index (χ2n) is 4.87. The molecule has 18 heavy (non-hydrogen) atoms. The van der Waals surface area contributed by atoms with E-state index in [2.05, 4.69) is 10.3 Å². The highest BCUT2D eigenvalue weighted by Gasteiger charge is 2.24. The molecule has 0 aromatic carbocycles. The van der Waals surface area contributed by atoms with Crippen LogP contribution in [0.3, 0.4) is 0 Å². The maximum atomic E-state index is 11.9. The molecule has 0 saturated heterocycles. The third-order valence-corrected chi connectivity index (χ3v) is 3.64. The average Bonchev–Trinajstić information content (AvgIpc) is 2.27. The fourth-order valence-electron chi connectivity index (χ4n) is 1.95. The molecule has 0 spiro atoms. The Bertz CT molecular complexity index is 503. The van der Waals surface area contributed by atoms with Crippen LogP contribution in [0.15, 0.2) is 11.1 Å². The minimum absolute atomic E-state index is 0.0274. The molecule has 5 heteroatoms. The molecule has 1 heterocycles. The SMILES string of the molecule is Cc1ncn(CCNC(=O)C2CCC2)c(=O)c1C. The van der Waals surface area contributed by atoms with Crippen molar-refractivity contribution in [2.45, 2.75) is 39.7 Å². The molecule has 1 N–H and O–H groups in total. The van der Waals surface area contributed by atoms with E-state index in [1.807, 2.05) is 6.92 Å². The van der Waals surface area contributed by atoms with Crippen molar-refractivity contribution >= 4 is 5.91 Å². The minimum atomic E-state index is -0.0274. The topological polar surface area (TPSA) is 64.0 Å². The highest BCUT2D eigenvalue weighted by Crippen LogP contribution is 2.25. The highest BCUT2D eigenvalue weighted by atomic mass is 16.2. The van der Waals surface area contributed by atoms with E-state index < -0.39 is 0 Å². The van der Waals surface area contributed by atoms with Crippen LogP contribution in [0, 0.1) is 19.8 Å². The summed E-state index contributed by atoms with van der Waals surface area (Å²) in [5.74, 6) is 0.311. The number of hydrogen-bond donors (Lipinski definition) is 1. The Morgan fingerprint density at radius 1 is 1.50 bits per heavy atom. The first-order chi connectivity index (χ1) is 8.59. The van der Waals surface area contributed by atoms with E-state index in [1.165, 1.54) is 0 Å². The van der Waals surface area contributed by atoms with E-state index in [4.69, 9.17) is 0 Å². The van der Waals surface area contributed by atoms with Gasteiger partial charge in [-0.25, -0.2) is 4.98 Å². The first kappa shape index (κ1) is 12.8. The lowest BCUT2D eigenvalue weighted by atomic mass is 9.85. The van der Waals surface area contributed by atoms with Crippen LogP contribution in [-0.2, 0) is 11.3 Å². The largest absolute Gasteiger partial charge is 0.354 e. The lowest BCUT2D eigenvalue weighted by molar-refractivity contribution is -0.127. The Balaban J connectivity index is 1.88. The zero-order valence-electron chi connectivity index (χ0n) is 10.9. The van der Waals surface area contributed by atoms with E-state index in [9.17, 15) is 9.59 Å². The van der Waals surface area contributed by atoms with Gasteiger partial charge in [0.1, 0.15) is 0 Å². The van der Waals surface area contributed by atoms with Gasteiger partial charge in [0, 0.05) is 30.3 Å². The molecule has 1 aliphatic carbocycles. The van der Waals surface area contributed by atoms with Crippen molar-refractivity contribution in [1.29, 1.82) is 0 Å². The lowest BCUT2D eigenvalue weighted by Crippen LogP contribution is -2.37. The van der Waals surface area contributed by atoms with Gasteiger partial charge in [0.05, 0.1) is 6.33 Å². The summed E-state index contributed by atoms with van der Waals surface area (Å²) in [6, 6.07) is 0. The zero-order valence-corrected chi connectivity index (χ0v) is 10.9. The van der Waals surface area contributed by atoms with Gasteiger partial charge >= 0.3 is 0 Å². The molecule has 0 radical (unpaired) electrons. The Hall–Kier alpha value is -1.65. The number of hydrogen-bond acceptors (Lipinski definition) is 3. The maximum Gasteiger partial charge on any atom is 0.256 e. The summed E-state index contributed by atoms with van der Waals surface area (Å²) in [5.41, 5.74) is 1.40. The predicted octanol–water partition coefficient (Wildman–Crippen LogP) is 0.776. The summed E-state index contributed by atoms with van der Waals surface area (Å²) in [6.07, 6.45) is 4.69. The van der Waals surface area contributed by atoms with Crippen molar-refractivity contribution in [2.75, 3.05) is 6.54 Å². The second kappa shape index (κ2) is 5.33. The van der Waals surface area contributed by atoms with Crippen LogP contribution in [0.2, 0.25) is 0 Å². The van der Waals surface area contributed by atoms with Crippen LogP contribution in [0.1, 0.15) is 30.5 Å². The monoisotopic (exact) mass is 249 g/mol. The molecule has 98 valence electrons. The van der Waals surface area contributed by atoms with Crippen LogP contribution in [0.25, 0.3) is 0 Å². The second-order valence-corrected chi connectivity index (χ2v) is 4.87. The number of carbonyl (C=O) groups excluding carboxylic acids is 1. The molecular weight excluding hydrogens is 230 g/mol. The zero-order chi connectivity index (χ0) is 13.1. The summed E-state index contributed by atoms with van der Waals surface area (Å²) >= 11 is 0. The fraction of sp³-hybridized carbons (Fsp3) is 0.615. The van der Waals surface area contributed by atoms with Crippen LogP contribution in [0.4, 0.5) is 0 Å². The van der Waals surface area contributed by atoms with E-state index >= 15 is 0 Å². The first-order valence-corrected chi connectivity index (χ1v) is 6.40. The predicted molar refractivity (Wildman–Crippen MR) is 68.3 cm³/mol. The molecule has 0 bridgehead atoms. The number of amides is 1. The van der Waals surface area contributed by atoms with E-state index in [1.54, 1.807) is 17.8 Å². The Morgan fingerprint density at radius 3 is 2.83 bits per heavy atom.